The number of amides is 1. The summed E-state index contributed by atoms with van der Waals surface area (Å²) in [5, 5.41) is 4.13. The van der Waals surface area contributed by atoms with E-state index in [1.807, 2.05) is 30.5 Å². The van der Waals surface area contributed by atoms with Gasteiger partial charge in [-0.15, -0.1) is 11.8 Å². The molecule has 2 heterocycles. The van der Waals surface area contributed by atoms with Gasteiger partial charge in [0.25, 0.3) is 5.91 Å². The van der Waals surface area contributed by atoms with Crippen LogP contribution in [0.5, 0.6) is 0 Å². The number of amidine groups is 1. The fraction of sp³-hybridized carbons (Fsp3) is 0.235. The zero-order valence-electron chi connectivity index (χ0n) is 13.0. The number of hydrogen-bond acceptors (Lipinski definition) is 5. The minimum atomic E-state index is -0.578. The van der Waals surface area contributed by atoms with Crippen molar-refractivity contribution in [2.45, 2.75) is 24.5 Å². The summed E-state index contributed by atoms with van der Waals surface area (Å²) in [6.07, 6.45) is 4.81. The fourth-order valence-electron chi connectivity index (χ4n) is 2.32. The SMILES string of the molecule is CSc1ccc(CN2C(=O)C(C)ON=C2c2ccncc2)cc1. The van der Waals surface area contributed by atoms with E-state index in [0.717, 1.165) is 11.1 Å². The summed E-state index contributed by atoms with van der Waals surface area (Å²) in [5.41, 5.74) is 1.85. The van der Waals surface area contributed by atoms with Gasteiger partial charge in [0.05, 0.1) is 6.54 Å². The monoisotopic (exact) mass is 327 g/mol. The molecule has 1 aliphatic heterocycles. The van der Waals surface area contributed by atoms with E-state index in [1.165, 1.54) is 4.90 Å². The highest BCUT2D eigenvalue weighted by molar-refractivity contribution is 7.98. The Morgan fingerprint density at radius 2 is 1.87 bits per heavy atom. The molecule has 0 spiro atoms. The number of carbonyl (C=O) groups is 1. The van der Waals surface area contributed by atoms with Gasteiger partial charge in [0.1, 0.15) is 0 Å². The molecule has 6 heteroatoms. The van der Waals surface area contributed by atoms with Crippen molar-refractivity contribution in [1.82, 2.24) is 9.88 Å². The topological polar surface area (TPSA) is 54.8 Å². The Hall–Kier alpha value is -2.34. The largest absolute Gasteiger partial charge is 0.381 e. The lowest BCUT2D eigenvalue weighted by molar-refractivity contribution is -0.142. The summed E-state index contributed by atoms with van der Waals surface area (Å²) >= 11 is 1.69. The first kappa shape index (κ1) is 15.6. The van der Waals surface area contributed by atoms with Crippen LogP contribution in [0.25, 0.3) is 0 Å². The van der Waals surface area contributed by atoms with Gasteiger partial charge in [0.2, 0.25) is 6.10 Å². The van der Waals surface area contributed by atoms with Gasteiger partial charge in [-0.1, -0.05) is 17.3 Å². The Morgan fingerprint density at radius 3 is 2.52 bits per heavy atom. The van der Waals surface area contributed by atoms with Crippen molar-refractivity contribution in [3.8, 4) is 0 Å². The van der Waals surface area contributed by atoms with Crippen molar-refractivity contribution in [3.05, 3.63) is 59.9 Å². The molecule has 1 unspecified atom stereocenters. The quantitative estimate of drug-likeness (QED) is 0.810. The highest BCUT2D eigenvalue weighted by atomic mass is 32.2. The summed E-state index contributed by atoms with van der Waals surface area (Å²) in [5.74, 6) is 0.421. The lowest BCUT2D eigenvalue weighted by Crippen LogP contribution is -2.46. The zero-order chi connectivity index (χ0) is 16.2. The van der Waals surface area contributed by atoms with E-state index < -0.39 is 6.10 Å². The Bertz CT molecular complexity index is 716. The van der Waals surface area contributed by atoms with Gasteiger partial charge in [0, 0.05) is 22.9 Å². The van der Waals surface area contributed by atoms with Crippen LogP contribution in [-0.2, 0) is 16.2 Å². The molecule has 0 bridgehead atoms. The molecule has 0 aliphatic carbocycles. The van der Waals surface area contributed by atoms with Crippen LogP contribution in [0.2, 0.25) is 0 Å². The highest BCUT2D eigenvalue weighted by Gasteiger charge is 2.31. The van der Waals surface area contributed by atoms with Crippen molar-refractivity contribution >= 4 is 23.5 Å². The number of pyridine rings is 1. The molecule has 0 fully saturated rings. The summed E-state index contributed by atoms with van der Waals surface area (Å²) in [4.78, 5) is 24.6. The predicted molar refractivity (Wildman–Crippen MR) is 90.1 cm³/mol. The minimum absolute atomic E-state index is 0.0965. The molecule has 0 saturated carbocycles. The molecular weight excluding hydrogens is 310 g/mol. The van der Waals surface area contributed by atoms with Gasteiger partial charge in [-0.2, -0.15) is 0 Å². The van der Waals surface area contributed by atoms with E-state index in [2.05, 4.69) is 22.3 Å². The van der Waals surface area contributed by atoms with E-state index in [4.69, 9.17) is 4.84 Å². The number of hydrogen-bond donors (Lipinski definition) is 0. The van der Waals surface area contributed by atoms with Gasteiger partial charge in [-0.3, -0.25) is 14.7 Å². The second-order valence-corrected chi connectivity index (χ2v) is 6.05. The third-order valence-corrected chi connectivity index (χ3v) is 4.35. The summed E-state index contributed by atoms with van der Waals surface area (Å²) in [6, 6.07) is 11.8. The standard InChI is InChI=1S/C17H17N3O2S/c1-12-17(21)20(11-13-3-5-15(23-2)6-4-13)16(19-22-12)14-7-9-18-10-8-14/h3-10,12H,11H2,1-2H3. The van der Waals surface area contributed by atoms with Gasteiger partial charge in [0.15, 0.2) is 5.84 Å². The second-order valence-electron chi connectivity index (χ2n) is 5.17. The number of nitrogens with zero attached hydrogens (tertiary/aromatic N) is 3. The molecular formula is C17H17N3O2S. The molecule has 1 aromatic heterocycles. The van der Waals surface area contributed by atoms with Crippen LogP contribution in [0.1, 0.15) is 18.1 Å². The zero-order valence-corrected chi connectivity index (χ0v) is 13.8. The first-order chi connectivity index (χ1) is 11.2. The molecule has 1 amide bonds. The Balaban J connectivity index is 1.90. The van der Waals surface area contributed by atoms with Gasteiger partial charge in [-0.25, -0.2) is 0 Å². The van der Waals surface area contributed by atoms with Crippen molar-refractivity contribution < 1.29 is 9.63 Å². The summed E-state index contributed by atoms with van der Waals surface area (Å²) in [7, 11) is 0. The Kier molecular flexibility index (Phi) is 4.62. The molecule has 1 aliphatic rings. The van der Waals surface area contributed by atoms with Crippen LogP contribution in [0.3, 0.4) is 0 Å². The molecule has 2 aromatic rings. The van der Waals surface area contributed by atoms with Crippen LogP contribution in [0.4, 0.5) is 0 Å². The minimum Gasteiger partial charge on any atom is -0.381 e. The smallest absolute Gasteiger partial charge is 0.272 e. The maximum Gasteiger partial charge on any atom is 0.272 e. The lowest BCUT2D eigenvalue weighted by atomic mass is 10.1. The second kappa shape index (κ2) is 6.83. The highest BCUT2D eigenvalue weighted by Crippen LogP contribution is 2.20. The predicted octanol–water partition coefficient (Wildman–Crippen LogP) is 2.91. The van der Waals surface area contributed by atoms with Crippen molar-refractivity contribution in [2.75, 3.05) is 6.26 Å². The molecule has 1 aromatic carbocycles. The average Bonchev–Trinajstić information content (AvgIpc) is 2.60. The lowest BCUT2D eigenvalue weighted by Gasteiger charge is -2.30. The van der Waals surface area contributed by atoms with Gasteiger partial charge in [-0.05, 0) is 43.0 Å². The third-order valence-electron chi connectivity index (χ3n) is 3.61. The molecule has 23 heavy (non-hydrogen) atoms. The van der Waals surface area contributed by atoms with Crippen molar-refractivity contribution in [1.29, 1.82) is 0 Å². The van der Waals surface area contributed by atoms with Crippen LogP contribution in [-0.4, -0.2) is 34.0 Å². The molecule has 5 nitrogen and oxygen atoms in total. The average molecular weight is 327 g/mol. The number of thioether (sulfide) groups is 1. The Morgan fingerprint density at radius 1 is 1.17 bits per heavy atom. The van der Waals surface area contributed by atoms with Crippen LogP contribution >= 0.6 is 11.8 Å². The molecule has 0 radical (unpaired) electrons. The van der Waals surface area contributed by atoms with Gasteiger partial charge < -0.3 is 4.84 Å². The molecule has 3 rings (SSSR count). The van der Waals surface area contributed by atoms with Crippen molar-refractivity contribution in [3.63, 3.8) is 0 Å². The van der Waals surface area contributed by atoms with Crippen LogP contribution in [0, 0.1) is 0 Å². The third kappa shape index (κ3) is 3.37. The first-order valence-corrected chi connectivity index (χ1v) is 8.50. The van der Waals surface area contributed by atoms with Crippen LogP contribution < -0.4 is 0 Å². The van der Waals surface area contributed by atoms with E-state index in [1.54, 1.807) is 36.0 Å². The first-order valence-electron chi connectivity index (χ1n) is 7.27. The number of carbonyl (C=O) groups excluding carboxylic acids is 1. The molecule has 118 valence electrons. The maximum atomic E-state index is 12.5. The number of rotatable bonds is 4. The maximum absolute atomic E-state index is 12.5. The molecule has 1 atom stereocenters. The molecule has 0 saturated heterocycles. The Labute approximate surface area is 139 Å². The van der Waals surface area contributed by atoms with E-state index in [0.29, 0.717) is 12.4 Å². The van der Waals surface area contributed by atoms with E-state index in [9.17, 15) is 4.79 Å². The molecule has 0 N–H and O–H groups in total. The number of benzene rings is 1. The van der Waals surface area contributed by atoms with Crippen LogP contribution in [0.15, 0.2) is 58.8 Å². The van der Waals surface area contributed by atoms with E-state index in [-0.39, 0.29) is 5.91 Å². The normalized spacial score (nSPS) is 17.7. The number of oxime groups is 1. The summed E-state index contributed by atoms with van der Waals surface area (Å²) < 4.78 is 0. The van der Waals surface area contributed by atoms with E-state index >= 15 is 0 Å². The fourth-order valence-corrected chi connectivity index (χ4v) is 2.73. The number of aromatic nitrogens is 1. The van der Waals surface area contributed by atoms with Gasteiger partial charge >= 0.3 is 0 Å². The summed E-state index contributed by atoms with van der Waals surface area (Å²) in [6.45, 7) is 2.17. The van der Waals surface area contributed by atoms with Crippen molar-refractivity contribution in [2.24, 2.45) is 5.16 Å².